The highest BCUT2D eigenvalue weighted by Crippen LogP contribution is 1.97. The maximum atomic E-state index is 10.6. The molecule has 0 saturated carbocycles. The fourth-order valence-corrected chi connectivity index (χ4v) is 0.435. The van der Waals surface area contributed by atoms with Crippen molar-refractivity contribution in [1.29, 1.82) is 0 Å². The number of hydrogen-bond donors (Lipinski definition) is 0. The Hall–Kier alpha value is -1.22. The summed E-state index contributed by atoms with van der Waals surface area (Å²) in [4.78, 5) is 13.1. The van der Waals surface area contributed by atoms with Crippen LogP contribution in [0.5, 0.6) is 0 Å². The van der Waals surface area contributed by atoms with E-state index in [0.29, 0.717) is 0 Å². The van der Waals surface area contributed by atoms with E-state index in [1.807, 2.05) is 0 Å². The van der Waals surface area contributed by atoms with Crippen LogP contribution in [-0.4, -0.2) is 19.6 Å². The third-order valence-corrected chi connectivity index (χ3v) is 1.02. The molecule has 0 radical (unpaired) electrons. The summed E-state index contributed by atoms with van der Waals surface area (Å²) in [5.41, 5.74) is 7.88. The first-order valence-electron chi connectivity index (χ1n) is 2.81. The first kappa shape index (κ1) is 8.78. The maximum absolute atomic E-state index is 10.6. The Morgan fingerprint density at radius 3 is 2.90 bits per heavy atom. The Morgan fingerprint density at radius 2 is 2.50 bits per heavy atom. The van der Waals surface area contributed by atoms with Crippen LogP contribution in [0.15, 0.2) is 5.11 Å². The van der Waals surface area contributed by atoms with E-state index in [0.717, 1.165) is 0 Å². The van der Waals surface area contributed by atoms with Crippen molar-refractivity contribution in [2.45, 2.75) is 6.92 Å². The van der Waals surface area contributed by atoms with Gasteiger partial charge >= 0.3 is 5.97 Å². The summed E-state index contributed by atoms with van der Waals surface area (Å²) >= 11 is 0. The third-order valence-electron chi connectivity index (χ3n) is 1.02. The molecule has 5 heteroatoms. The zero-order valence-corrected chi connectivity index (χ0v) is 5.94. The molecule has 0 amide bonds. The van der Waals surface area contributed by atoms with E-state index in [1.165, 1.54) is 7.11 Å². The highest BCUT2D eigenvalue weighted by Gasteiger charge is 2.10. The van der Waals surface area contributed by atoms with Crippen LogP contribution < -0.4 is 0 Å². The second kappa shape index (κ2) is 4.64. The number of esters is 1. The summed E-state index contributed by atoms with van der Waals surface area (Å²) in [6, 6.07) is 0. The Labute approximate surface area is 58.6 Å². The molecule has 0 heterocycles. The molecular formula is C5H9N3O2. The zero-order valence-electron chi connectivity index (χ0n) is 5.94. The van der Waals surface area contributed by atoms with Crippen molar-refractivity contribution in [3.05, 3.63) is 10.4 Å². The fraction of sp³-hybridized carbons (Fsp3) is 0.800. The predicted molar refractivity (Wildman–Crippen MR) is 35.2 cm³/mol. The molecule has 0 aromatic carbocycles. The van der Waals surface area contributed by atoms with Gasteiger partial charge in [-0.3, -0.25) is 4.79 Å². The van der Waals surface area contributed by atoms with E-state index in [-0.39, 0.29) is 18.4 Å². The smallest absolute Gasteiger partial charge is 0.308 e. The third kappa shape index (κ3) is 2.94. The van der Waals surface area contributed by atoms with Gasteiger partial charge in [0.05, 0.1) is 13.0 Å². The number of ether oxygens (including phenoxy) is 1. The normalized spacial score (nSPS) is 11.4. The number of rotatable bonds is 3. The topological polar surface area (TPSA) is 75.1 Å². The quantitative estimate of drug-likeness (QED) is 0.257. The van der Waals surface area contributed by atoms with E-state index in [4.69, 9.17) is 5.53 Å². The molecule has 0 fully saturated rings. The summed E-state index contributed by atoms with van der Waals surface area (Å²) in [7, 11) is 1.30. The molecule has 10 heavy (non-hydrogen) atoms. The minimum absolute atomic E-state index is 0.156. The SMILES string of the molecule is COC(=O)[C@@H](C)CN=[N+]=[N-]. The van der Waals surface area contributed by atoms with Gasteiger partial charge in [-0.15, -0.1) is 0 Å². The van der Waals surface area contributed by atoms with E-state index in [2.05, 4.69) is 14.8 Å². The van der Waals surface area contributed by atoms with Gasteiger partial charge in [0.25, 0.3) is 0 Å². The molecule has 0 N–H and O–H groups in total. The highest BCUT2D eigenvalue weighted by molar-refractivity contribution is 5.72. The molecule has 0 spiro atoms. The van der Waals surface area contributed by atoms with Gasteiger partial charge in [0.2, 0.25) is 0 Å². The number of hydrogen-bond acceptors (Lipinski definition) is 3. The Kier molecular flexibility index (Phi) is 4.07. The number of nitrogens with zero attached hydrogens (tertiary/aromatic N) is 3. The Balaban J connectivity index is 3.72. The van der Waals surface area contributed by atoms with Crippen molar-refractivity contribution in [2.24, 2.45) is 11.0 Å². The lowest BCUT2D eigenvalue weighted by molar-refractivity contribution is -0.144. The molecule has 0 aliphatic heterocycles. The molecular weight excluding hydrogens is 134 g/mol. The zero-order chi connectivity index (χ0) is 7.98. The van der Waals surface area contributed by atoms with Crippen molar-refractivity contribution in [1.82, 2.24) is 0 Å². The average Bonchev–Trinajstić information content (AvgIpc) is 1.98. The molecule has 0 aromatic rings. The minimum atomic E-state index is -0.354. The lowest BCUT2D eigenvalue weighted by Crippen LogP contribution is -2.14. The van der Waals surface area contributed by atoms with Gasteiger partial charge in [-0.05, 0) is 5.53 Å². The van der Waals surface area contributed by atoms with Gasteiger partial charge in [-0.1, -0.05) is 12.0 Å². The molecule has 0 bridgehead atoms. The second-order valence-electron chi connectivity index (χ2n) is 1.84. The van der Waals surface area contributed by atoms with Crippen LogP contribution in [0.25, 0.3) is 10.4 Å². The first-order valence-corrected chi connectivity index (χ1v) is 2.81. The second-order valence-corrected chi connectivity index (χ2v) is 1.84. The standard InChI is InChI=1S/C5H9N3O2/c1-4(3-7-8-6)5(9)10-2/h4H,3H2,1-2H3/t4-/m0/s1. The van der Waals surface area contributed by atoms with Crippen LogP contribution in [-0.2, 0) is 9.53 Å². The van der Waals surface area contributed by atoms with Gasteiger partial charge in [0.1, 0.15) is 0 Å². The van der Waals surface area contributed by atoms with Crippen LogP contribution >= 0.6 is 0 Å². The lowest BCUT2D eigenvalue weighted by Gasteiger charge is -2.02. The van der Waals surface area contributed by atoms with Crippen LogP contribution in [0.4, 0.5) is 0 Å². The van der Waals surface area contributed by atoms with Gasteiger partial charge < -0.3 is 4.74 Å². The Morgan fingerprint density at radius 1 is 1.90 bits per heavy atom. The van der Waals surface area contributed by atoms with Gasteiger partial charge in [-0.25, -0.2) is 0 Å². The van der Waals surface area contributed by atoms with Crippen LogP contribution in [0.2, 0.25) is 0 Å². The molecule has 5 nitrogen and oxygen atoms in total. The van der Waals surface area contributed by atoms with Crippen molar-refractivity contribution < 1.29 is 9.53 Å². The lowest BCUT2D eigenvalue weighted by atomic mass is 10.2. The molecule has 0 aliphatic rings. The van der Waals surface area contributed by atoms with Crippen LogP contribution in [0.1, 0.15) is 6.92 Å². The predicted octanol–water partition coefficient (Wildman–Crippen LogP) is 1.11. The van der Waals surface area contributed by atoms with Crippen molar-refractivity contribution in [3.8, 4) is 0 Å². The molecule has 0 saturated heterocycles. The maximum Gasteiger partial charge on any atom is 0.308 e. The molecule has 56 valence electrons. The highest BCUT2D eigenvalue weighted by atomic mass is 16.5. The van der Waals surface area contributed by atoms with Gasteiger partial charge in [-0.2, -0.15) is 0 Å². The summed E-state index contributed by atoms with van der Waals surface area (Å²) in [5.74, 6) is -0.701. The first-order chi connectivity index (χ1) is 4.72. The van der Waals surface area contributed by atoms with E-state index in [1.54, 1.807) is 6.92 Å². The molecule has 1 atom stereocenters. The average molecular weight is 143 g/mol. The number of carbonyl (C=O) groups excluding carboxylic acids is 1. The molecule has 0 aromatic heterocycles. The number of azide groups is 1. The van der Waals surface area contributed by atoms with Crippen LogP contribution in [0, 0.1) is 5.92 Å². The summed E-state index contributed by atoms with van der Waals surface area (Å²) in [6.07, 6.45) is 0. The molecule has 0 unspecified atom stereocenters. The van der Waals surface area contributed by atoms with E-state index in [9.17, 15) is 4.79 Å². The van der Waals surface area contributed by atoms with Crippen LogP contribution in [0.3, 0.4) is 0 Å². The summed E-state index contributed by atoms with van der Waals surface area (Å²) < 4.78 is 4.39. The monoisotopic (exact) mass is 143 g/mol. The van der Waals surface area contributed by atoms with E-state index < -0.39 is 0 Å². The number of carbonyl (C=O) groups is 1. The summed E-state index contributed by atoms with van der Waals surface area (Å²) in [5, 5.41) is 3.22. The fourth-order valence-electron chi connectivity index (χ4n) is 0.435. The van der Waals surface area contributed by atoms with E-state index >= 15 is 0 Å². The van der Waals surface area contributed by atoms with Gasteiger partial charge in [0.15, 0.2) is 0 Å². The van der Waals surface area contributed by atoms with Gasteiger partial charge in [0, 0.05) is 11.5 Å². The van der Waals surface area contributed by atoms with Crippen molar-refractivity contribution in [2.75, 3.05) is 13.7 Å². The minimum Gasteiger partial charge on any atom is -0.469 e. The summed E-state index contributed by atoms with van der Waals surface area (Å²) in [6.45, 7) is 1.80. The van der Waals surface area contributed by atoms with Crippen molar-refractivity contribution in [3.63, 3.8) is 0 Å². The van der Waals surface area contributed by atoms with Crippen molar-refractivity contribution >= 4 is 5.97 Å². The molecule has 0 rings (SSSR count). The Bertz CT molecular complexity index is 162. The number of methoxy groups -OCH3 is 1. The molecule has 0 aliphatic carbocycles. The largest absolute Gasteiger partial charge is 0.469 e.